The van der Waals surface area contributed by atoms with Gasteiger partial charge >= 0.3 is 0 Å². The number of aliphatic hydroxyl groups is 1. The third-order valence-electron chi connectivity index (χ3n) is 3.02. The van der Waals surface area contributed by atoms with Crippen molar-refractivity contribution in [2.45, 2.75) is 26.9 Å². The van der Waals surface area contributed by atoms with Crippen LogP contribution in [0.2, 0.25) is 5.02 Å². The van der Waals surface area contributed by atoms with E-state index in [1.54, 1.807) is 0 Å². The number of halogens is 1. The van der Waals surface area contributed by atoms with Crippen LogP contribution in [0.1, 0.15) is 19.4 Å². The van der Waals surface area contributed by atoms with E-state index in [9.17, 15) is 5.11 Å². The van der Waals surface area contributed by atoms with Crippen molar-refractivity contribution < 1.29 is 5.11 Å². The number of nitrogens with zero attached hydrogens (tertiary/aromatic N) is 1. The molecule has 0 radical (unpaired) electrons. The first-order valence-corrected chi connectivity index (χ1v) is 6.85. The predicted octanol–water partition coefficient (Wildman–Crippen LogP) is 2.76. The van der Waals surface area contributed by atoms with Crippen molar-refractivity contribution in [3.05, 3.63) is 28.8 Å². The van der Waals surface area contributed by atoms with Gasteiger partial charge in [0.25, 0.3) is 0 Å². The molecule has 0 aliphatic rings. The second-order valence-electron chi connectivity index (χ2n) is 4.50. The van der Waals surface area contributed by atoms with Crippen LogP contribution in [-0.2, 0) is 0 Å². The van der Waals surface area contributed by atoms with Gasteiger partial charge in [0.1, 0.15) is 0 Å². The van der Waals surface area contributed by atoms with Crippen molar-refractivity contribution in [1.29, 1.82) is 0 Å². The van der Waals surface area contributed by atoms with Gasteiger partial charge in [0.05, 0.1) is 16.8 Å². The number of hydrogen-bond donors (Lipinski definition) is 2. The fraction of sp³-hybridized carbons (Fsp3) is 0.571. The molecule has 1 atom stereocenters. The monoisotopic (exact) mass is 270 g/mol. The van der Waals surface area contributed by atoms with Gasteiger partial charge in [-0.05, 0) is 37.7 Å². The third kappa shape index (κ3) is 4.84. The minimum absolute atomic E-state index is 0.387. The number of aryl methyl sites for hydroxylation is 1. The molecule has 4 heteroatoms. The highest BCUT2D eigenvalue weighted by Crippen LogP contribution is 2.22. The molecule has 1 aromatic rings. The summed E-state index contributed by atoms with van der Waals surface area (Å²) in [5, 5.41) is 13.8. The molecule has 1 rings (SSSR count). The van der Waals surface area contributed by atoms with Crippen LogP contribution in [0.3, 0.4) is 0 Å². The Morgan fingerprint density at radius 3 is 2.56 bits per heavy atom. The SMILES string of the molecule is CCN(CC)CC(O)CNc1ccc(C)cc1Cl. The lowest BCUT2D eigenvalue weighted by Crippen LogP contribution is -2.35. The van der Waals surface area contributed by atoms with Crippen LogP contribution in [0.15, 0.2) is 18.2 Å². The van der Waals surface area contributed by atoms with Gasteiger partial charge in [0.15, 0.2) is 0 Å². The zero-order chi connectivity index (χ0) is 13.5. The predicted molar refractivity (Wildman–Crippen MR) is 78.5 cm³/mol. The molecule has 3 nitrogen and oxygen atoms in total. The van der Waals surface area contributed by atoms with Crippen LogP contribution < -0.4 is 5.32 Å². The Hall–Kier alpha value is -0.770. The molecule has 0 heterocycles. The fourth-order valence-corrected chi connectivity index (χ4v) is 2.14. The highest BCUT2D eigenvalue weighted by atomic mass is 35.5. The maximum absolute atomic E-state index is 9.94. The van der Waals surface area contributed by atoms with Crippen molar-refractivity contribution in [3.8, 4) is 0 Å². The molecule has 0 spiro atoms. The molecular weight excluding hydrogens is 248 g/mol. The number of hydrogen-bond acceptors (Lipinski definition) is 3. The first-order chi connectivity index (χ1) is 8.56. The average molecular weight is 271 g/mol. The van der Waals surface area contributed by atoms with E-state index in [1.807, 2.05) is 25.1 Å². The second-order valence-corrected chi connectivity index (χ2v) is 4.91. The Bertz CT molecular complexity index is 367. The molecule has 0 fully saturated rings. The normalized spacial score (nSPS) is 12.8. The number of anilines is 1. The van der Waals surface area contributed by atoms with Crippen molar-refractivity contribution >= 4 is 17.3 Å². The summed E-state index contributed by atoms with van der Waals surface area (Å²) in [7, 11) is 0. The lowest BCUT2D eigenvalue weighted by molar-refractivity contribution is 0.128. The lowest BCUT2D eigenvalue weighted by Gasteiger charge is -2.22. The molecule has 0 amide bonds. The van der Waals surface area contributed by atoms with Crippen molar-refractivity contribution in [3.63, 3.8) is 0 Å². The second kappa shape index (κ2) is 7.62. The number of aliphatic hydroxyl groups excluding tert-OH is 1. The highest BCUT2D eigenvalue weighted by molar-refractivity contribution is 6.33. The van der Waals surface area contributed by atoms with Gasteiger partial charge < -0.3 is 15.3 Å². The largest absolute Gasteiger partial charge is 0.390 e. The molecule has 0 aliphatic carbocycles. The molecule has 2 N–H and O–H groups in total. The molecule has 1 unspecified atom stereocenters. The zero-order valence-electron chi connectivity index (χ0n) is 11.4. The summed E-state index contributed by atoms with van der Waals surface area (Å²) in [4.78, 5) is 2.20. The summed E-state index contributed by atoms with van der Waals surface area (Å²) >= 11 is 6.12. The molecule has 0 bridgehead atoms. The van der Waals surface area contributed by atoms with Gasteiger partial charge in [-0.3, -0.25) is 0 Å². The van der Waals surface area contributed by atoms with Crippen molar-refractivity contribution in [1.82, 2.24) is 4.90 Å². The van der Waals surface area contributed by atoms with E-state index in [0.29, 0.717) is 18.1 Å². The van der Waals surface area contributed by atoms with E-state index in [4.69, 9.17) is 11.6 Å². The van der Waals surface area contributed by atoms with E-state index < -0.39 is 0 Å². The average Bonchev–Trinajstić information content (AvgIpc) is 2.35. The minimum Gasteiger partial charge on any atom is -0.390 e. The molecule has 0 saturated carbocycles. The maximum atomic E-state index is 9.94. The summed E-state index contributed by atoms with van der Waals surface area (Å²) < 4.78 is 0. The van der Waals surface area contributed by atoms with Gasteiger partial charge in [0, 0.05) is 13.1 Å². The van der Waals surface area contributed by atoms with Crippen LogP contribution in [0, 0.1) is 6.92 Å². The quantitative estimate of drug-likeness (QED) is 0.800. The summed E-state index contributed by atoms with van der Waals surface area (Å²) in [5.41, 5.74) is 2.01. The van der Waals surface area contributed by atoms with Crippen LogP contribution in [0.5, 0.6) is 0 Å². The number of benzene rings is 1. The number of rotatable bonds is 7. The smallest absolute Gasteiger partial charge is 0.0839 e. The summed E-state index contributed by atoms with van der Waals surface area (Å²) in [6.07, 6.45) is -0.387. The van der Waals surface area contributed by atoms with Crippen LogP contribution in [0.25, 0.3) is 0 Å². The first kappa shape index (κ1) is 15.3. The van der Waals surface area contributed by atoms with E-state index in [2.05, 4.69) is 24.1 Å². The van der Waals surface area contributed by atoms with Gasteiger partial charge in [-0.2, -0.15) is 0 Å². The van der Waals surface area contributed by atoms with Crippen molar-refractivity contribution in [2.75, 3.05) is 31.5 Å². The number of likely N-dealkylation sites (N-methyl/N-ethyl adjacent to an activating group) is 1. The molecular formula is C14H23ClN2O. The lowest BCUT2D eigenvalue weighted by atomic mass is 10.2. The highest BCUT2D eigenvalue weighted by Gasteiger charge is 2.09. The molecule has 18 heavy (non-hydrogen) atoms. The Kier molecular flexibility index (Phi) is 6.47. The molecule has 0 aromatic heterocycles. The van der Waals surface area contributed by atoms with Crippen molar-refractivity contribution in [2.24, 2.45) is 0 Å². The summed E-state index contributed by atoms with van der Waals surface area (Å²) in [6.45, 7) is 9.31. The summed E-state index contributed by atoms with van der Waals surface area (Å²) in [5.74, 6) is 0. The van der Waals surface area contributed by atoms with Gasteiger partial charge in [-0.1, -0.05) is 31.5 Å². The topological polar surface area (TPSA) is 35.5 Å². The van der Waals surface area contributed by atoms with E-state index in [0.717, 1.165) is 24.3 Å². The van der Waals surface area contributed by atoms with Crippen LogP contribution >= 0.6 is 11.6 Å². The Labute approximate surface area is 115 Å². The van der Waals surface area contributed by atoms with Gasteiger partial charge in [-0.25, -0.2) is 0 Å². The standard InChI is InChI=1S/C14H23ClN2O/c1-4-17(5-2)10-12(18)9-16-14-7-6-11(3)8-13(14)15/h6-8,12,16,18H,4-5,9-10H2,1-3H3. The summed E-state index contributed by atoms with van der Waals surface area (Å²) in [6, 6.07) is 5.87. The van der Waals surface area contributed by atoms with Gasteiger partial charge in [-0.15, -0.1) is 0 Å². The van der Waals surface area contributed by atoms with Crippen LogP contribution in [-0.4, -0.2) is 42.3 Å². The Morgan fingerprint density at radius 2 is 2.00 bits per heavy atom. The van der Waals surface area contributed by atoms with Gasteiger partial charge in [0.2, 0.25) is 0 Å². The minimum atomic E-state index is -0.387. The molecule has 0 saturated heterocycles. The molecule has 102 valence electrons. The zero-order valence-corrected chi connectivity index (χ0v) is 12.2. The maximum Gasteiger partial charge on any atom is 0.0839 e. The van der Waals surface area contributed by atoms with E-state index in [-0.39, 0.29) is 6.10 Å². The van der Waals surface area contributed by atoms with Crippen LogP contribution in [0.4, 0.5) is 5.69 Å². The van der Waals surface area contributed by atoms with E-state index >= 15 is 0 Å². The first-order valence-electron chi connectivity index (χ1n) is 6.47. The fourth-order valence-electron chi connectivity index (χ4n) is 1.84. The third-order valence-corrected chi connectivity index (χ3v) is 3.33. The van der Waals surface area contributed by atoms with E-state index in [1.165, 1.54) is 0 Å². The Balaban J connectivity index is 2.44. The Morgan fingerprint density at radius 1 is 1.33 bits per heavy atom. The number of nitrogens with one attached hydrogen (secondary N) is 1. The molecule has 1 aromatic carbocycles. The molecule has 0 aliphatic heterocycles.